The Kier molecular flexibility index (Phi) is 5.41. The summed E-state index contributed by atoms with van der Waals surface area (Å²) in [6.45, 7) is 2.24. The molecule has 1 aliphatic carbocycles. The molecule has 0 saturated carbocycles. The number of benzene rings is 1. The van der Waals surface area contributed by atoms with Crippen LogP contribution in [0.3, 0.4) is 0 Å². The van der Waals surface area contributed by atoms with E-state index in [4.69, 9.17) is 38.7 Å². The molecule has 2 aromatic rings. The second-order valence-electron chi connectivity index (χ2n) is 7.89. The van der Waals surface area contributed by atoms with Crippen molar-refractivity contribution in [3.63, 3.8) is 0 Å². The average Bonchev–Trinajstić information content (AvgIpc) is 3.18. The van der Waals surface area contributed by atoms with Crippen LogP contribution in [0.4, 0.5) is 5.69 Å². The van der Waals surface area contributed by atoms with Crippen molar-refractivity contribution in [2.75, 3.05) is 31.6 Å². The Labute approximate surface area is 194 Å². The van der Waals surface area contributed by atoms with E-state index in [1.54, 1.807) is 29.2 Å². The van der Waals surface area contributed by atoms with Crippen molar-refractivity contribution in [1.82, 2.24) is 9.88 Å². The zero-order valence-corrected chi connectivity index (χ0v) is 18.5. The number of primary amides is 1. The van der Waals surface area contributed by atoms with E-state index in [1.165, 1.54) is 0 Å². The zero-order chi connectivity index (χ0) is 22.4. The van der Waals surface area contributed by atoms with Gasteiger partial charge in [0.15, 0.2) is 0 Å². The lowest BCUT2D eigenvalue weighted by molar-refractivity contribution is -0.130. The summed E-state index contributed by atoms with van der Waals surface area (Å²) in [7, 11) is 0. The van der Waals surface area contributed by atoms with Gasteiger partial charge >= 0.3 is 0 Å². The molecule has 1 aromatic carbocycles. The lowest BCUT2D eigenvalue weighted by Crippen LogP contribution is -2.41. The zero-order valence-electron chi connectivity index (χ0n) is 17.0. The van der Waals surface area contributed by atoms with E-state index in [9.17, 15) is 9.59 Å². The number of anilines is 1. The summed E-state index contributed by atoms with van der Waals surface area (Å²) in [5.41, 5.74) is 9.25. The molecule has 0 radical (unpaired) electrons. The van der Waals surface area contributed by atoms with Crippen LogP contribution in [0, 0.1) is 0 Å². The van der Waals surface area contributed by atoms with Crippen molar-refractivity contribution in [2.45, 2.75) is 12.0 Å². The van der Waals surface area contributed by atoms with Crippen molar-refractivity contribution in [3.05, 3.63) is 69.4 Å². The minimum Gasteiger partial charge on any atom is -0.378 e. The molecular weight excluding hydrogens is 451 g/mol. The largest absolute Gasteiger partial charge is 0.378 e. The van der Waals surface area contributed by atoms with Gasteiger partial charge in [-0.15, -0.1) is 0 Å². The topological polar surface area (TPSA) is 97.6 Å². The molecule has 2 amide bonds. The number of hydrogen-bond acceptors (Lipinski definition) is 5. The number of hydrogen-bond donors (Lipinski definition) is 2. The molecule has 2 aliphatic heterocycles. The maximum absolute atomic E-state index is 12.9. The second-order valence-corrected chi connectivity index (χ2v) is 8.70. The summed E-state index contributed by atoms with van der Waals surface area (Å²) >= 11 is 12.2. The molecule has 2 atom stereocenters. The Morgan fingerprint density at radius 3 is 2.66 bits per heavy atom. The monoisotopic (exact) mass is 470 g/mol. The van der Waals surface area contributed by atoms with Crippen LogP contribution in [-0.4, -0.2) is 54.0 Å². The molecule has 32 heavy (non-hydrogen) atoms. The quantitative estimate of drug-likeness (QED) is 0.716. The van der Waals surface area contributed by atoms with E-state index in [1.807, 2.05) is 18.2 Å². The normalized spacial score (nSPS) is 21.4. The summed E-state index contributed by atoms with van der Waals surface area (Å²) in [6, 6.07) is 6.64. The summed E-state index contributed by atoms with van der Waals surface area (Å²) in [4.78, 5) is 31.8. The molecule has 1 aromatic heterocycles. The van der Waals surface area contributed by atoms with Crippen LogP contribution in [0.1, 0.15) is 22.0 Å². The molecule has 3 N–H and O–H groups in total. The van der Waals surface area contributed by atoms with Gasteiger partial charge in [0.25, 0.3) is 11.8 Å². The van der Waals surface area contributed by atoms with Crippen LogP contribution in [0.15, 0.2) is 48.1 Å². The van der Waals surface area contributed by atoms with E-state index < -0.39 is 5.91 Å². The highest BCUT2D eigenvalue weighted by Crippen LogP contribution is 2.42. The van der Waals surface area contributed by atoms with Gasteiger partial charge in [0.2, 0.25) is 0 Å². The highest BCUT2D eigenvalue weighted by Gasteiger charge is 2.37. The molecule has 5 rings (SSSR count). The highest BCUT2D eigenvalue weighted by atomic mass is 35.5. The lowest BCUT2D eigenvalue weighted by atomic mass is 9.90. The number of fused-ring (bicyclic) bond motifs is 3. The van der Waals surface area contributed by atoms with Crippen LogP contribution in [-0.2, 0) is 9.53 Å². The molecule has 0 spiro atoms. The van der Waals surface area contributed by atoms with E-state index in [0.29, 0.717) is 64.6 Å². The van der Waals surface area contributed by atoms with Crippen molar-refractivity contribution in [3.8, 4) is 11.3 Å². The fraction of sp³-hybridized carbons (Fsp3) is 0.261. The van der Waals surface area contributed by atoms with Crippen LogP contribution < -0.4 is 11.1 Å². The SMILES string of the molecule is NC(=O)c1cc(-c2ccc(Cl)c(Cl)c2)nc2c1NC1C=C(C(=O)N3CCOCC3)C=CC21. The molecule has 3 heterocycles. The second kappa shape index (κ2) is 8.24. The lowest BCUT2D eigenvalue weighted by Gasteiger charge is -2.28. The number of nitrogens with zero attached hydrogens (tertiary/aromatic N) is 2. The Hall–Kier alpha value is -2.87. The number of morpholine rings is 1. The number of pyridine rings is 1. The summed E-state index contributed by atoms with van der Waals surface area (Å²) < 4.78 is 5.33. The highest BCUT2D eigenvalue weighted by molar-refractivity contribution is 6.42. The maximum atomic E-state index is 12.9. The van der Waals surface area contributed by atoms with Gasteiger partial charge in [0.1, 0.15) is 0 Å². The third-order valence-corrected chi connectivity index (χ3v) is 6.67. The number of ether oxygens (including phenoxy) is 1. The van der Waals surface area contributed by atoms with Gasteiger partial charge in [-0.2, -0.15) is 0 Å². The number of halogens is 2. The van der Waals surface area contributed by atoms with E-state index in [2.05, 4.69) is 5.32 Å². The first-order valence-electron chi connectivity index (χ1n) is 10.3. The molecule has 7 nitrogen and oxygen atoms in total. The van der Waals surface area contributed by atoms with E-state index in [-0.39, 0.29) is 17.9 Å². The summed E-state index contributed by atoms with van der Waals surface area (Å²) in [6.07, 6.45) is 5.68. The number of amides is 2. The van der Waals surface area contributed by atoms with Gasteiger partial charge in [-0.1, -0.05) is 41.4 Å². The molecule has 2 unspecified atom stereocenters. The predicted molar refractivity (Wildman–Crippen MR) is 123 cm³/mol. The predicted octanol–water partition coefficient (Wildman–Crippen LogP) is 3.39. The third-order valence-electron chi connectivity index (χ3n) is 5.93. The van der Waals surface area contributed by atoms with Gasteiger partial charge in [0.05, 0.1) is 51.9 Å². The average molecular weight is 471 g/mol. The molecular formula is C23H20Cl2N4O3. The first-order valence-corrected chi connectivity index (χ1v) is 11.0. The Morgan fingerprint density at radius 2 is 1.94 bits per heavy atom. The molecule has 9 heteroatoms. The van der Waals surface area contributed by atoms with Crippen molar-refractivity contribution in [1.29, 1.82) is 0 Å². The fourth-order valence-corrected chi connectivity index (χ4v) is 4.58. The van der Waals surface area contributed by atoms with Crippen LogP contribution in [0.2, 0.25) is 10.0 Å². The number of carbonyl (C=O) groups is 2. The van der Waals surface area contributed by atoms with Crippen molar-refractivity contribution < 1.29 is 14.3 Å². The van der Waals surface area contributed by atoms with Gasteiger partial charge in [0, 0.05) is 30.1 Å². The number of carbonyl (C=O) groups excluding carboxylic acids is 2. The third kappa shape index (κ3) is 3.66. The molecule has 0 bridgehead atoms. The fourth-order valence-electron chi connectivity index (χ4n) is 4.29. The van der Waals surface area contributed by atoms with Gasteiger partial charge in [-0.25, -0.2) is 4.98 Å². The number of nitrogens with two attached hydrogens (primary N) is 1. The number of rotatable bonds is 3. The smallest absolute Gasteiger partial charge is 0.253 e. The summed E-state index contributed by atoms with van der Waals surface area (Å²) in [5, 5.41) is 4.17. The van der Waals surface area contributed by atoms with Gasteiger partial charge in [-0.3, -0.25) is 9.59 Å². The summed E-state index contributed by atoms with van der Waals surface area (Å²) in [5.74, 6) is -0.721. The van der Waals surface area contributed by atoms with Crippen LogP contribution in [0.25, 0.3) is 11.3 Å². The molecule has 164 valence electrons. The maximum Gasteiger partial charge on any atom is 0.253 e. The number of nitrogens with one attached hydrogen (secondary N) is 1. The Morgan fingerprint density at radius 1 is 1.16 bits per heavy atom. The first kappa shape index (κ1) is 21.0. The Bertz CT molecular complexity index is 1190. The van der Waals surface area contributed by atoms with Crippen LogP contribution in [0.5, 0.6) is 0 Å². The van der Waals surface area contributed by atoms with Crippen molar-refractivity contribution >= 4 is 40.7 Å². The van der Waals surface area contributed by atoms with Gasteiger partial charge < -0.3 is 20.7 Å². The number of aromatic nitrogens is 1. The molecule has 3 aliphatic rings. The van der Waals surface area contributed by atoms with E-state index in [0.717, 1.165) is 5.56 Å². The van der Waals surface area contributed by atoms with Crippen molar-refractivity contribution in [2.24, 2.45) is 5.73 Å². The molecule has 1 saturated heterocycles. The minimum atomic E-state index is -0.561. The van der Waals surface area contributed by atoms with Crippen LogP contribution >= 0.6 is 23.2 Å². The van der Waals surface area contributed by atoms with E-state index >= 15 is 0 Å². The Balaban J connectivity index is 1.50. The first-order chi connectivity index (χ1) is 15.4. The minimum absolute atomic E-state index is 0.0275. The van der Waals surface area contributed by atoms with Gasteiger partial charge in [-0.05, 0) is 24.3 Å². The standard InChI is InChI=1S/C23H20Cl2N4O3/c24-16-4-2-12(9-17(16)25)18-11-15(22(26)30)21-20(27-18)14-3-1-13(10-19(14)28-21)23(31)29-5-7-32-8-6-29/h1-4,9-11,14,19,28H,5-8H2,(H2,26,30). The molecule has 1 fully saturated rings.